The molecule has 47 heavy (non-hydrogen) atoms. The fourth-order valence-corrected chi connectivity index (χ4v) is 7.25. The summed E-state index contributed by atoms with van der Waals surface area (Å²) in [4.78, 5) is 44.6. The summed E-state index contributed by atoms with van der Waals surface area (Å²) in [5, 5.41) is 19.6. The number of aromatic hydroxyl groups is 1. The Bertz CT molecular complexity index is 2230. The average molecular weight is 667 g/mol. The molecule has 7 rings (SSSR count). The van der Waals surface area contributed by atoms with Crippen molar-refractivity contribution in [3.05, 3.63) is 95.0 Å². The third-order valence-electron chi connectivity index (χ3n) is 8.07. The molecule has 1 aliphatic heterocycles. The predicted octanol–water partition coefficient (Wildman–Crippen LogP) is 8.82. The summed E-state index contributed by atoms with van der Waals surface area (Å²) in [7, 11) is 0. The second-order valence-corrected chi connectivity index (χ2v) is 14.0. The number of hydrogen-bond acceptors (Lipinski definition) is 6. The van der Waals surface area contributed by atoms with E-state index in [9.17, 15) is 19.5 Å². The minimum atomic E-state index is -0.614. The number of halogens is 1. The minimum absolute atomic E-state index is 0.0750. The highest BCUT2D eigenvalue weighted by atomic mass is 35.5. The standard InChI is InChI=1S/C36H31ClN4O5S/c1-36(2,3)46-35(45)39-23-9-11-30-20(13-23)15-31(47-30)33(43)38-22-8-10-26-19(12-22)14-27(40-26)34(44)41-18-21(17-37)32-25-7-5-4-6-24(25)29(42)16-28(32)41/h4-16,21,40,42H,17-18H2,1-3H3,(H,38,43)(H,39,45)/t21-/m1/s1. The van der Waals surface area contributed by atoms with Crippen LogP contribution in [0.15, 0.2) is 78.9 Å². The molecular formula is C36H31ClN4O5S. The predicted molar refractivity (Wildman–Crippen MR) is 189 cm³/mol. The van der Waals surface area contributed by atoms with Crippen LogP contribution in [0.5, 0.6) is 5.75 Å². The van der Waals surface area contributed by atoms with E-state index < -0.39 is 11.7 Å². The number of phenols is 1. The van der Waals surface area contributed by atoms with Crippen LogP contribution in [0.1, 0.15) is 52.4 Å². The van der Waals surface area contributed by atoms with Crippen molar-refractivity contribution in [2.45, 2.75) is 32.3 Å². The quantitative estimate of drug-likeness (QED) is 0.137. The van der Waals surface area contributed by atoms with E-state index in [1.54, 1.807) is 62.1 Å². The molecule has 9 nitrogen and oxygen atoms in total. The number of nitrogens with one attached hydrogen (secondary N) is 3. The number of aromatic nitrogens is 1. The van der Waals surface area contributed by atoms with Gasteiger partial charge in [0.05, 0.1) is 10.6 Å². The molecule has 0 fully saturated rings. The van der Waals surface area contributed by atoms with E-state index in [1.807, 2.05) is 42.5 Å². The Morgan fingerprint density at radius 3 is 2.45 bits per heavy atom. The van der Waals surface area contributed by atoms with E-state index in [4.69, 9.17) is 16.3 Å². The van der Waals surface area contributed by atoms with Crippen LogP contribution < -0.4 is 15.5 Å². The Hall–Kier alpha value is -5.06. The fraction of sp³-hybridized carbons (Fsp3) is 0.194. The fourth-order valence-electron chi connectivity index (χ4n) is 6.06. The Morgan fingerprint density at radius 1 is 0.957 bits per heavy atom. The number of fused-ring (bicyclic) bond motifs is 5. The van der Waals surface area contributed by atoms with Gasteiger partial charge in [0.2, 0.25) is 0 Å². The van der Waals surface area contributed by atoms with Crippen LogP contribution in [0.2, 0.25) is 0 Å². The first-order valence-corrected chi connectivity index (χ1v) is 16.4. The number of thiophene rings is 1. The van der Waals surface area contributed by atoms with Crippen molar-refractivity contribution >= 4 is 89.7 Å². The number of anilines is 3. The summed E-state index contributed by atoms with van der Waals surface area (Å²) in [6, 6.07) is 23.6. The van der Waals surface area contributed by atoms with Gasteiger partial charge in [0.15, 0.2) is 0 Å². The zero-order valence-electron chi connectivity index (χ0n) is 25.8. The van der Waals surface area contributed by atoms with Crippen molar-refractivity contribution in [2.24, 2.45) is 0 Å². The van der Waals surface area contributed by atoms with E-state index in [1.165, 1.54) is 11.3 Å². The summed E-state index contributed by atoms with van der Waals surface area (Å²) in [5.41, 5.74) is 3.28. The molecule has 1 aliphatic rings. The molecule has 0 aliphatic carbocycles. The van der Waals surface area contributed by atoms with Gasteiger partial charge in [0.25, 0.3) is 11.8 Å². The summed E-state index contributed by atoms with van der Waals surface area (Å²) < 4.78 is 6.23. The number of hydrogen-bond donors (Lipinski definition) is 4. The zero-order chi connectivity index (χ0) is 33.0. The van der Waals surface area contributed by atoms with Crippen molar-refractivity contribution in [3.63, 3.8) is 0 Å². The number of alkyl halides is 1. The normalized spacial score (nSPS) is 14.5. The molecule has 4 aromatic carbocycles. The Kier molecular flexibility index (Phi) is 7.57. The molecule has 0 saturated heterocycles. The third-order valence-corrected chi connectivity index (χ3v) is 9.56. The summed E-state index contributed by atoms with van der Waals surface area (Å²) in [5.74, 6) is -0.131. The number of amides is 3. The van der Waals surface area contributed by atoms with Crippen molar-refractivity contribution in [2.75, 3.05) is 28.0 Å². The molecule has 2 aromatic heterocycles. The van der Waals surface area contributed by atoms with E-state index in [0.717, 1.165) is 37.3 Å². The molecule has 0 saturated carbocycles. The summed E-state index contributed by atoms with van der Waals surface area (Å²) in [6.07, 6.45) is -0.548. The highest BCUT2D eigenvalue weighted by Crippen LogP contribution is 2.45. The second kappa shape index (κ2) is 11.6. The molecule has 238 valence electrons. The minimum Gasteiger partial charge on any atom is -0.507 e. The van der Waals surface area contributed by atoms with Crippen LogP contribution in [0.4, 0.5) is 21.9 Å². The van der Waals surface area contributed by atoms with E-state index in [2.05, 4.69) is 15.6 Å². The second-order valence-electron chi connectivity index (χ2n) is 12.6. The first-order valence-electron chi connectivity index (χ1n) is 15.1. The average Bonchev–Trinajstić information content (AvgIpc) is 3.74. The Labute approximate surface area is 279 Å². The maximum absolute atomic E-state index is 13.8. The van der Waals surface area contributed by atoms with Crippen LogP contribution >= 0.6 is 22.9 Å². The number of benzene rings is 4. The molecule has 6 aromatic rings. The van der Waals surface area contributed by atoms with Gasteiger partial charge in [-0.1, -0.05) is 24.3 Å². The first-order chi connectivity index (χ1) is 22.5. The summed E-state index contributed by atoms with van der Waals surface area (Å²) in [6.45, 7) is 5.79. The van der Waals surface area contributed by atoms with Crippen molar-refractivity contribution in [3.8, 4) is 5.75 Å². The summed E-state index contributed by atoms with van der Waals surface area (Å²) >= 11 is 7.71. The number of carbonyl (C=O) groups is 3. The molecule has 0 spiro atoms. The lowest BCUT2D eigenvalue weighted by molar-refractivity contribution is 0.0635. The highest BCUT2D eigenvalue weighted by Gasteiger charge is 2.35. The van der Waals surface area contributed by atoms with Crippen molar-refractivity contribution < 1.29 is 24.2 Å². The zero-order valence-corrected chi connectivity index (χ0v) is 27.4. The van der Waals surface area contributed by atoms with Crippen LogP contribution in [0.3, 0.4) is 0 Å². The van der Waals surface area contributed by atoms with Gasteiger partial charge in [0.1, 0.15) is 17.0 Å². The SMILES string of the molecule is CC(C)(C)OC(=O)Nc1ccc2sc(C(=O)Nc3ccc4[nH]c(C(=O)N5C[C@@H](CCl)c6c5cc(O)c5ccccc65)cc4c3)cc2c1. The van der Waals surface area contributed by atoms with Crippen LogP contribution in [0.25, 0.3) is 31.8 Å². The smallest absolute Gasteiger partial charge is 0.412 e. The van der Waals surface area contributed by atoms with Gasteiger partial charge in [-0.25, -0.2) is 4.79 Å². The topological polar surface area (TPSA) is 124 Å². The number of ether oxygens (including phenoxy) is 1. The maximum Gasteiger partial charge on any atom is 0.412 e. The lowest BCUT2D eigenvalue weighted by atomic mass is 9.95. The van der Waals surface area contributed by atoms with Gasteiger partial charge in [-0.3, -0.25) is 14.9 Å². The van der Waals surface area contributed by atoms with Crippen molar-refractivity contribution in [1.82, 2.24) is 4.98 Å². The molecule has 3 heterocycles. The molecule has 0 radical (unpaired) electrons. The number of aromatic amines is 1. The van der Waals surface area contributed by atoms with Gasteiger partial charge < -0.3 is 25.0 Å². The molecule has 3 amide bonds. The molecule has 4 N–H and O–H groups in total. The van der Waals surface area contributed by atoms with Crippen LogP contribution in [-0.2, 0) is 4.74 Å². The molecule has 11 heteroatoms. The lowest BCUT2D eigenvalue weighted by Gasteiger charge is -2.19. The Balaban J connectivity index is 1.10. The van der Waals surface area contributed by atoms with Gasteiger partial charge in [-0.05, 0) is 85.6 Å². The van der Waals surface area contributed by atoms with E-state index >= 15 is 0 Å². The van der Waals surface area contributed by atoms with Gasteiger partial charge in [-0.2, -0.15) is 0 Å². The van der Waals surface area contributed by atoms with Gasteiger partial charge in [-0.15, -0.1) is 22.9 Å². The number of carbonyl (C=O) groups excluding carboxylic acids is 3. The van der Waals surface area contributed by atoms with E-state index in [0.29, 0.717) is 40.1 Å². The molecule has 0 bridgehead atoms. The number of H-pyrrole nitrogens is 1. The van der Waals surface area contributed by atoms with Crippen LogP contribution in [-0.4, -0.2) is 46.0 Å². The van der Waals surface area contributed by atoms with Gasteiger partial charge >= 0.3 is 6.09 Å². The van der Waals surface area contributed by atoms with Crippen LogP contribution in [0, 0.1) is 0 Å². The maximum atomic E-state index is 13.8. The largest absolute Gasteiger partial charge is 0.507 e. The first kappa shape index (κ1) is 30.6. The lowest BCUT2D eigenvalue weighted by Crippen LogP contribution is -2.30. The number of nitrogens with zero attached hydrogens (tertiary/aromatic N) is 1. The third kappa shape index (κ3) is 5.86. The van der Waals surface area contributed by atoms with E-state index in [-0.39, 0.29) is 23.5 Å². The monoisotopic (exact) mass is 666 g/mol. The van der Waals surface area contributed by atoms with Crippen molar-refractivity contribution in [1.29, 1.82) is 0 Å². The highest BCUT2D eigenvalue weighted by molar-refractivity contribution is 7.20. The number of phenolic OH excluding ortho intramolecular Hbond substituents is 1. The molecular weight excluding hydrogens is 636 g/mol. The van der Waals surface area contributed by atoms with Gasteiger partial charge in [0, 0.05) is 56.8 Å². The Morgan fingerprint density at radius 2 is 1.68 bits per heavy atom. The number of rotatable bonds is 5. The molecule has 1 atom stereocenters. The molecule has 0 unspecified atom stereocenters.